The first-order valence-electron chi connectivity index (χ1n) is 24.2. The van der Waals surface area contributed by atoms with Crippen molar-refractivity contribution in [1.82, 2.24) is 0 Å². The molecule has 0 aliphatic carbocycles. The SMILES string of the molecule is CCCCCCCCCCC(N)CCCCCCCCCC.CCCCCCCCCCC(N)CCCCCCCCCC.O=C(O)CCCCC(=O)O. The first-order chi connectivity index (χ1) is 26.2. The molecule has 0 fully saturated rings. The molecule has 0 aromatic carbocycles. The summed E-state index contributed by atoms with van der Waals surface area (Å²) in [5, 5.41) is 16.3. The molecule has 0 radical (unpaired) electrons. The summed E-state index contributed by atoms with van der Waals surface area (Å²) in [6, 6.07) is 0.945. The molecule has 6 nitrogen and oxygen atoms in total. The van der Waals surface area contributed by atoms with Gasteiger partial charge in [-0.05, 0) is 38.5 Å². The molecular weight excluding hydrogens is 669 g/mol. The van der Waals surface area contributed by atoms with Gasteiger partial charge in [-0.1, -0.05) is 233 Å². The fourth-order valence-corrected chi connectivity index (χ4v) is 7.00. The summed E-state index contributed by atoms with van der Waals surface area (Å²) in [5.74, 6) is -1.74. The van der Waals surface area contributed by atoms with Crippen molar-refractivity contribution in [3.8, 4) is 0 Å². The molecule has 0 heterocycles. The van der Waals surface area contributed by atoms with Crippen LogP contribution in [-0.4, -0.2) is 34.2 Å². The van der Waals surface area contributed by atoms with E-state index < -0.39 is 11.9 Å². The van der Waals surface area contributed by atoms with Crippen molar-refractivity contribution >= 4 is 11.9 Å². The minimum atomic E-state index is -0.870. The van der Waals surface area contributed by atoms with Crippen molar-refractivity contribution in [2.24, 2.45) is 11.5 Å². The van der Waals surface area contributed by atoms with E-state index in [0.717, 1.165) is 0 Å². The van der Waals surface area contributed by atoms with E-state index in [1.54, 1.807) is 0 Å². The second-order valence-corrected chi connectivity index (χ2v) is 16.6. The van der Waals surface area contributed by atoms with Crippen LogP contribution >= 0.6 is 0 Å². The third-order valence-corrected chi connectivity index (χ3v) is 10.7. The lowest BCUT2D eigenvalue weighted by Crippen LogP contribution is -2.19. The topological polar surface area (TPSA) is 127 Å². The average molecular weight is 769 g/mol. The Morgan fingerprint density at radius 2 is 0.481 bits per heavy atom. The molecule has 0 amide bonds. The molecule has 0 aliphatic heterocycles. The van der Waals surface area contributed by atoms with Crippen LogP contribution in [-0.2, 0) is 9.59 Å². The Morgan fingerprint density at radius 1 is 0.315 bits per heavy atom. The minimum absolute atomic E-state index is 0.0628. The van der Waals surface area contributed by atoms with Gasteiger partial charge < -0.3 is 21.7 Å². The molecule has 54 heavy (non-hydrogen) atoms. The number of carboxylic acid groups (broad SMARTS) is 2. The number of rotatable bonds is 41. The first-order valence-corrected chi connectivity index (χ1v) is 24.2. The molecule has 6 N–H and O–H groups in total. The Balaban J connectivity index is -0.000000774. The minimum Gasteiger partial charge on any atom is -0.481 e. The van der Waals surface area contributed by atoms with Gasteiger partial charge in [-0.15, -0.1) is 0 Å². The highest BCUT2D eigenvalue weighted by atomic mass is 16.4. The fourth-order valence-electron chi connectivity index (χ4n) is 7.00. The van der Waals surface area contributed by atoms with E-state index in [9.17, 15) is 9.59 Å². The zero-order valence-electron chi connectivity index (χ0n) is 37.3. The lowest BCUT2D eigenvalue weighted by Gasteiger charge is -2.11. The maximum atomic E-state index is 9.90. The van der Waals surface area contributed by atoms with Gasteiger partial charge >= 0.3 is 11.9 Å². The maximum Gasteiger partial charge on any atom is 0.303 e. The average Bonchev–Trinajstić information content (AvgIpc) is 3.15. The Hall–Kier alpha value is -1.14. The quantitative estimate of drug-likeness (QED) is 0.0459. The summed E-state index contributed by atoms with van der Waals surface area (Å²) in [6.07, 6.45) is 51.1. The van der Waals surface area contributed by atoms with Crippen LogP contribution in [0.4, 0.5) is 0 Å². The fraction of sp³-hybridized carbons (Fsp3) is 0.958. The van der Waals surface area contributed by atoms with E-state index in [2.05, 4.69) is 27.7 Å². The van der Waals surface area contributed by atoms with Gasteiger partial charge in [0.1, 0.15) is 0 Å². The van der Waals surface area contributed by atoms with E-state index >= 15 is 0 Å². The van der Waals surface area contributed by atoms with Crippen LogP contribution in [0.2, 0.25) is 0 Å². The first kappa shape index (κ1) is 57.2. The summed E-state index contributed by atoms with van der Waals surface area (Å²) in [5.41, 5.74) is 12.5. The van der Waals surface area contributed by atoms with Crippen molar-refractivity contribution in [2.75, 3.05) is 0 Å². The molecule has 0 aromatic heterocycles. The zero-order chi connectivity index (χ0) is 40.6. The number of nitrogens with two attached hydrogens (primary N) is 2. The van der Waals surface area contributed by atoms with Crippen LogP contribution in [0.5, 0.6) is 0 Å². The second-order valence-electron chi connectivity index (χ2n) is 16.6. The molecular formula is C48H100N2O4. The van der Waals surface area contributed by atoms with Crippen LogP contribution in [0.25, 0.3) is 0 Å². The number of carboxylic acids is 2. The van der Waals surface area contributed by atoms with Crippen LogP contribution < -0.4 is 11.5 Å². The summed E-state index contributed by atoms with van der Waals surface area (Å²) in [6.45, 7) is 9.14. The monoisotopic (exact) mass is 769 g/mol. The molecule has 0 bridgehead atoms. The molecule has 0 aliphatic rings. The molecule has 0 unspecified atom stereocenters. The van der Waals surface area contributed by atoms with Crippen molar-refractivity contribution in [2.45, 2.75) is 297 Å². The summed E-state index contributed by atoms with van der Waals surface area (Å²) < 4.78 is 0. The summed E-state index contributed by atoms with van der Waals surface area (Å²) in [4.78, 5) is 19.8. The molecule has 0 saturated heterocycles. The molecule has 326 valence electrons. The van der Waals surface area contributed by atoms with Crippen LogP contribution in [0.1, 0.15) is 285 Å². The Bertz CT molecular complexity index is 606. The number of hydrogen-bond acceptors (Lipinski definition) is 4. The van der Waals surface area contributed by atoms with Crippen LogP contribution in [0.3, 0.4) is 0 Å². The third-order valence-electron chi connectivity index (χ3n) is 10.7. The summed E-state index contributed by atoms with van der Waals surface area (Å²) in [7, 11) is 0. The van der Waals surface area contributed by atoms with Crippen molar-refractivity contribution in [3.63, 3.8) is 0 Å². The zero-order valence-corrected chi connectivity index (χ0v) is 37.3. The predicted octanol–water partition coefficient (Wildman–Crippen LogP) is 15.5. The lowest BCUT2D eigenvalue weighted by atomic mass is 10.0. The van der Waals surface area contributed by atoms with Gasteiger partial charge in [0.25, 0.3) is 0 Å². The highest BCUT2D eigenvalue weighted by Crippen LogP contribution is 2.16. The van der Waals surface area contributed by atoms with Gasteiger partial charge in [-0.2, -0.15) is 0 Å². The van der Waals surface area contributed by atoms with Crippen LogP contribution in [0.15, 0.2) is 0 Å². The van der Waals surface area contributed by atoms with E-state index in [-0.39, 0.29) is 12.8 Å². The number of hydrogen-bond donors (Lipinski definition) is 4. The Labute approximate surface area is 338 Å². The van der Waals surface area contributed by atoms with Gasteiger partial charge in [0.2, 0.25) is 0 Å². The van der Waals surface area contributed by atoms with Gasteiger partial charge in [0.15, 0.2) is 0 Å². The Morgan fingerprint density at radius 3 is 0.648 bits per heavy atom. The van der Waals surface area contributed by atoms with Gasteiger partial charge in [-0.25, -0.2) is 0 Å². The van der Waals surface area contributed by atoms with Gasteiger partial charge in [0, 0.05) is 24.9 Å². The smallest absolute Gasteiger partial charge is 0.303 e. The van der Waals surface area contributed by atoms with E-state index in [0.29, 0.717) is 24.9 Å². The predicted molar refractivity (Wildman–Crippen MR) is 239 cm³/mol. The van der Waals surface area contributed by atoms with E-state index in [1.807, 2.05) is 0 Å². The maximum absolute atomic E-state index is 9.90. The van der Waals surface area contributed by atoms with E-state index in [1.165, 1.54) is 231 Å². The highest BCUT2D eigenvalue weighted by molar-refractivity contribution is 5.67. The number of carbonyl (C=O) groups is 2. The molecule has 6 heteroatoms. The molecule has 0 saturated carbocycles. The van der Waals surface area contributed by atoms with Gasteiger partial charge in [-0.3, -0.25) is 9.59 Å². The summed E-state index contributed by atoms with van der Waals surface area (Å²) >= 11 is 0. The largest absolute Gasteiger partial charge is 0.481 e. The van der Waals surface area contributed by atoms with E-state index in [4.69, 9.17) is 21.7 Å². The Kier molecular flexibility index (Phi) is 54.9. The van der Waals surface area contributed by atoms with Crippen molar-refractivity contribution in [1.29, 1.82) is 0 Å². The lowest BCUT2D eigenvalue weighted by molar-refractivity contribution is -0.139. The van der Waals surface area contributed by atoms with Crippen LogP contribution in [0, 0.1) is 0 Å². The normalized spacial score (nSPS) is 11.0. The molecule has 0 spiro atoms. The number of unbranched alkanes of at least 4 members (excludes halogenated alkanes) is 29. The van der Waals surface area contributed by atoms with Gasteiger partial charge in [0.05, 0.1) is 0 Å². The third kappa shape index (κ3) is 60.1. The van der Waals surface area contributed by atoms with Crippen molar-refractivity contribution in [3.05, 3.63) is 0 Å². The highest BCUT2D eigenvalue weighted by Gasteiger charge is 2.04. The molecule has 0 atom stereocenters. The second kappa shape index (κ2) is 51.9. The molecule has 0 rings (SSSR count). The molecule has 0 aromatic rings. The number of aliphatic carboxylic acids is 2. The van der Waals surface area contributed by atoms with Crippen molar-refractivity contribution < 1.29 is 19.8 Å². The standard InChI is InChI=1S/2C21H45N.C6H10O4/c2*1-3-5-7-9-11-13-15-17-19-21(22)20-18-16-14-12-10-8-6-4-2;7-5(8)3-1-2-4-6(9)10/h2*21H,3-20,22H2,1-2H3;1-4H2,(H,7,8)(H,9,10).